The number of carbonyl (C=O) groups is 1. The molecule has 0 bridgehead atoms. The summed E-state index contributed by atoms with van der Waals surface area (Å²) in [6.07, 6.45) is 0. The van der Waals surface area contributed by atoms with Crippen LogP contribution in [0.4, 0.5) is 0 Å². The van der Waals surface area contributed by atoms with Crippen LogP contribution in [0.15, 0.2) is 23.4 Å². The zero-order chi connectivity index (χ0) is 15.3. The second-order valence-electron chi connectivity index (χ2n) is 4.89. The van der Waals surface area contributed by atoms with E-state index in [0.29, 0.717) is 22.3 Å². The van der Waals surface area contributed by atoms with E-state index < -0.39 is 5.97 Å². The number of carbonyl (C=O) groups excluding carboxylic acids is 1. The number of aromatic nitrogens is 3. The molecule has 22 heavy (non-hydrogen) atoms. The van der Waals surface area contributed by atoms with Gasteiger partial charge in [-0.2, -0.15) is 0 Å². The largest absolute Gasteiger partial charge is 0.549 e. The maximum Gasteiger partial charge on any atom is 0.231 e. The first-order valence-corrected chi connectivity index (χ1v) is 7.53. The van der Waals surface area contributed by atoms with E-state index in [-0.39, 0.29) is 12.5 Å². The van der Waals surface area contributed by atoms with Gasteiger partial charge in [0, 0.05) is 17.2 Å². The minimum Gasteiger partial charge on any atom is -0.549 e. The molecule has 1 aliphatic rings. The number of nitrogens with zero attached hydrogens (tertiary/aromatic N) is 3. The molecule has 0 saturated carbocycles. The molecule has 0 N–H and O–H groups in total. The van der Waals surface area contributed by atoms with Gasteiger partial charge in [-0.25, -0.2) is 0 Å². The number of hydrogen-bond acceptors (Lipinski definition) is 7. The molecule has 0 fully saturated rings. The summed E-state index contributed by atoms with van der Waals surface area (Å²) in [5.41, 5.74) is 2.47. The summed E-state index contributed by atoms with van der Waals surface area (Å²) in [4.78, 5) is 10.7. The van der Waals surface area contributed by atoms with Crippen LogP contribution in [0.2, 0.25) is 0 Å². The molecule has 4 rings (SSSR count). The average molecular weight is 316 g/mol. The third-order valence-electron chi connectivity index (χ3n) is 3.44. The SMILES string of the molecule is Cc1cc2cc3c(cc2n2c(SCC(=O)[O-])nnc12)OCO3. The fourth-order valence-electron chi connectivity index (χ4n) is 2.51. The normalized spacial score (nSPS) is 13.1. The number of carboxylic acid groups (broad SMARTS) is 1. The van der Waals surface area contributed by atoms with Crippen molar-refractivity contribution in [3.05, 3.63) is 23.8 Å². The first-order chi connectivity index (χ1) is 10.6. The van der Waals surface area contributed by atoms with E-state index in [1.807, 2.05) is 29.5 Å². The van der Waals surface area contributed by atoms with Gasteiger partial charge in [-0.1, -0.05) is 11.8 Å². The molecule has 1 aliphatic heterocycles. The van der Waals surface area contributed by atoms with E-state index >= 15 is 0 Å². The number of hydrogen-bond donors (Lipinski definition) is 0. The highest BCUT2D eigenvalue weighted by molar-refractivity contribution is 7.99. The van der Waals surface area contributed by atoms with Crippen molar-refractivity contribution in [2.45, 2.75) is 12.1 Å². The maximum absolute atomic E-state index is 10.7. The molecule has 0 spiro atoms. The first kappa shape index (κ1) is 13.2. The van der Waals surface area contributed by atoms with Crippen molar-refractivity contribution >= 4 is 34.3 Å². The van der Waals surface area contributed by atoms with Gasteiger partial charge in [-0.15, -0.1) is 10.2 Å². The zero-order valence-electron chi connectivity index (χ0n) is 11.5. The van der Waals surface area contributed by atoms with Gasteiger partial charge in [-0.05, 0) is 24.6 Å². The lowest BCUT2D eigenvalue weighted by Crippen LogP contribution is -2.24. The highest BCUT2D eigenvalue weighted by atomic mass is 32.2. The molecule has 3 heterocycles. The number of benzene rings is 1. The Labute approximate surface area is 128 Å². The van der Waals surface area contributed by atoms with Gasteiger partial charge < -0.3 is 19.4 Å². The Morgan fingerprint density at radius 2 is 2.09 bits per heavy atom. The van der Waals surface area contributed by atoms with Gasteiger partial charge in [0.2, 0.25) is 6.79 Å². The van der Waals surface area contributed by atoms with E-state index in [0.717, 1.165) is 28.2 Å². The number of pyridine rings is 1. The van der Waals surface area contributed by atoms with Crippen molar-refractivity contribution in [3.8, 4) is 11.5 Å². The Balaban J connectivity index is 1.99. The van der Waals surface area contributed by atoms with Crippen LogP contribution in [0.3, 0.4) is 0 Å². The molecule has 0 aliphatic carbocycles. The summed E-state index contributed by atoms with van der Waals surface area (Å²) in [5.74, 6) is 0.0302. The Bertz CT molecular complexity index is 921. The third kappa shape index (κ3) is 1.95. The molecule has 8 heteroatoms. The number of thioether (sulfide) groups is 1. The molecule has 2 aromatic heterocycles. The summed E-state index contributed by atoms with van der Waals surface area (Å²) in [6, 6.07) is 5.75. The summed E-state index contributed by atoms with van der Waals surface area (Å²) in [5, 5.41) is 20.4. The first-order valence-electron chi connectivity index (χ1n) is 6.54. The minimum absolute atomic E-state index is 0.180. The second-order valence-corrected chi connectivity index (χ2v) is 5.84. The summed E-state index contributed by atoms with van der Waals surface area (Å²) >= 11 is 1.08. The van der Waals surface area contributed by atoms with E-state index in [9.17, 15) is 9.90 Å². The van der Waals surface area contributed by atoms with Crippen molar-refractivity contribution in [1.29, 1.82) is 0 Å². The van der Waals surface area contributed by atoms with Gasteiger partial charge in [0.1, 0.15) is 0 Å². The zero-order valence-corrected chi connectivity index (χ0v) is 12.3. The lowest BCUT2D eigenvalue weighted by Gasteiger charge is -2.08. The highest BCUT2D eigenvalue weighted by Gasteiger charge is 2.18. The number of rotatable bonds is 3. The standard InChI is InChI=1S/C14H11N3O4S/c1-7-2-8-3-10-11(21-6-20-10)4-9(8)17-13(7)15-16-14(17)22-5-12(18)19/h2-4H,5-6H2,1H3,(H,18,19)/p-1. The van der Waals surface area contributed by atoms with Crippen LogP contribution in [0, 0.1) is 6.92 Å². The molecule has 0 saturated heterocycles. The molecule has 0 atom stereocenters. The van der Waals surface area contributed by atoms with Crippen LogP contribution >= 0.6 is 11.8 Å². The number of aliphatic carboxylic acids is 1. The molecular weight excluding hydrogens is 306 g/mol. The minimum atomic E-state index is -1.14. The predicted molar refractivity (Wildman–Crippen MR) is 77.1 cm³/mol. The predicted octanol–water partition coefficient (Wildman–Crippen LogP) is 0.762. The van der Waals surface area contributed by atoms with Gasteiger partial charge in [0.15, 0.2) is 22.3 Å². The maximum atomic E-state index is 10.7. The molecule has 7 nitrogen and oxygen atoms in total. The Morgan fingerprint density at radius 1 is 1.32 bits per heavy atom. The average Bonchev–Trinajstić information content (AvgIpc) is 3.09. The van der Waals surface area contributed by atoms with Gasteiger partial charge in [0.05, 0.1) is 11.5 Å². The number of carboxylic acids is 1. The van der Waals surface area contributed by atoms with Crippen LogP contribution in [0.25, 0.3) is 16.6 Å². The van der Waals surface area contributed by atoms with Crippen LogP contribution in [0.1, 0.15) is 5.56 Å². The van der Waals surface area contributed by atoms with Crippen LogP contribution in [-0.4, -0.2) is 33.1 Å². The highest BCUT2D eigenvalue weighted by Crippen LogP contribution is 2.37. The van der Waals surface area contributed by atoms with Crippen LogP contribution in [-0.2, 0) is 4.79 Å². The smallest absolute Gasteiger partial charge is 0.231 e. The van der Waals surface area contributed by atoms with E-state index in [1.54, 1.807) is 0 Å². The molecule has 0 unspecified atom stereocenters. The second kappa shape index (κ2) is 4.77. The van der Waals surface area contributed by atoms with Crippen LogP contribution < -0.4 is 14.6 Å². The van der Waals surface area contributed by atoms with Crippen molar-refractivity contribution in [1.82, 2.24) is 14.6 Å². The van der Waals surface area contributed by atoms with Gasteiger partial charge in [0.25, 0.3) is 0 Å². The van der Waals surface area contributed by atoms with Crippen molar-refractivity contribution < 1.29 is 19.4 Å². The fourth-order valence-corrected chi connectivity index (χ4v) is 3.17. The molecular formula is C14H10N3O4S-. The van der Waals surface area contributed by atoms with E-state index in [1.165, 1.54) is 0 Å². The van der Waals surface area contributed by atoms with Crippen molar-refractivity contribution in [2.75, 3.05) is 12.5 Å². The third-order valence-corrected chi connectivity index (χ3v) is 4.34. The number of aryl methyl sites for hydroxylation is 1. The number of ether oxygens (including phenoxy) is 2. The van der Waals surface area contributed by atoms with E-state index in [2.05, 4.69) is 10.2 Å². The Morgan fingerprint density at radius 3 is 2.86 bits per heavy atom. The molecule has 0 radical (unpaired) electrons. The molecule has 0 amide bonds. The molecule has 112 valence electrons. The topological polar surface area (TPSA) is 88.8 Å². The van der Waals surface area contributed by atoms with Gasteiger partial charge >= 0.3 is 0 Å². The fraction of sp³-hybridized carbons (Fsp3) is 0.214. The summed E-state index contributed by atoms with van der Waals surface area (Å²) < 4.78 is 12.6. The monoisotopic (exact) mass is 316 g/mol. The molecule has 1 aromatic carbocycles. The lowest BCUT2D eigenvalue weighted by atomic mass is 10.1. The van der Waals surface area contributed by atoms with Crippen LogP contribution in [0.5, 0.6) is 11.5 Å². The van der Waals surface area contributed by atoms with Crippen molar-refractivity contribution in [3.63, 3.8) is 0 Å². The lowest BCUT2D eigenvalue weighted by molar-refractivity contribution is -0.301. The summed E-state index contributed by atoms with van der Waals surface area (Å²) in [7, 11) is 0. The Hall–Kier alpha value is -2.48. The quantitative estimate of drug-likeness (QED) is 0.659. The summed E-state index contributed by atoms with van der Waals surface area (Å²) in [6.45, 7) is 2.13. The van der Waals surface area contributed by atoms with Gasteiger partial charge in [-0.3, -0.25) is 4.40 Å². The van der Waals surface area contributed by atoms with Crippen molar-refractivity contribution in [2.24, 2.45) is 0 Å². The molecule has 3 aromatic rings. The Kier molecular flexibility index (Phi) is 2.86. The van der Waals surface area contributed by atoms with E-state index in [4.69, 9.17) is 9.47 Å². The number of fused-ring (bicyclic) bond motifs is 4.